The second-order valence-corrected chi connectivity index (χ2v) is 6.04. The van der Waals surface area contributed by atoms with Crippen molar-refractivity contribution in [3.63, 3.8) is 0 Å². The number of nitrogens with zero attached hydrogens (tertiary/aromatic N) is 3. The van der Waals surface area contributed by atoms with Gasteiger partial charge in [0.2, 0.25) is 0 Å². The molecule has 0 spiro atoms. The quantitative estimate of drug-likeness (QED) is 0.909. The summed E-state index contributed by atoms with van der Waals surface area (Å²) in [6.45, 7) is 10.6. The van der Waals surface area contributed by atoms with Gasteiger partial charge in [-0.15, -0.1) is 0 Å². The summed E-state index contributed by atoms with van der Waals surface area (Å²) in [5.41, 5.74) is 0. The first-order valence-corrected chi connectivity index (χ1v) is 7.56. The van der Waals surface area contributed by atoms with Gasteiger partial charge in [0, 0.05) is 38.4 Å². The van der Waals surface area contributed by atoms with Crippen LogP contribution in [0.5, 0.6) is 0 Å². The van der Waals surface area contributed by atoms with Crippen molar-refractivity contribution in [1.29, 1.82) is 0 Å². The molecule has 1 N–H and O–H groups in total. The molecule has 0 bridgehead atoms. The van der Waals surface area contributed by atoms with Gasteiger partial charge in [-0.2, -0.15) is 0 Å². The van der Waals surface area contributed by atoms with E-state index in [2.05, 4.69) is 28.6 Å². The van der Waals surface area contributed by atoms with Crippen molar-refractivity contribution < 1.29 is 5.11 Å². The number of rotatable bonds is 4. The highest BCUT2D eigenvalue weighted by Gasteiger charge is 2.22. The summed E-state index contributed by atoms with van der Waals surface area (Å²) in [5.74, 6) is 0. The van der Waals surface area contributed by atoms with E-state index < -0.39 is 6.10 Å². The van der Waals surface area contributed by atoms with Gasteiger partial charge in [-0.05, 0) is 20.3 Å². The Morgan fingerprint density at radius 1 is 1.33 bits per heavy atom. The van der Waals surface area contributed by atoms with Crippen molar-refractivity contribution in [2.45, 2.75) is 39.3 Å². The predicted octanol–water partition coefficient (Wildman–Crippen LogP) is 2.12. The first-order valence-electron chi connectivity index (χ1n) is 6.74. The van der Waals surface area contributed by atoms with Gasteiger partial charge in [-0.25, -0.2) is 4.98 Å². The molecule has 1 aliphatic heterocycles. The van der Waals surface area contributed by atoms with Crippen molar-refractivity contribution in [3.05, 3.63) is 11.1 Å². The van der Waals surface area contributed by atoms with Crippen LogP contribution in [0, 0.1) is 0 Å². The van der Waals surface area contributed by atoms with Gasteiger partial charge in [0.05, 0.1) is 11.0 Å². The second kappa shape index (κ2) is 5.99. The number of anilines is 1. The fourth-order valence-corrected chi connectivity index (χ4v) is 3.13. The van der Waals surface area contributed by atoms with Crippen LogP contribution in [0.25, 0.3) is 0 Å². The van der Waals surface area contributed by atoms with E-state index in [1.165, 1.54) is 6.42 Å². The molecule has 1 aromatic heterocycles. The van der Waals surface area contributed by atoms with E-state index >= 15 is 0 Å². The van der Waals surface area contributed by atoms with Crippen LogP contribution in [-0.4, -0.2) is 47.2 Å². The lowest BCUT2D eigenvalue weighted by atomic mass is 10.2. The Labute approximate surface area is 113 Å². The van der Waals surface area contributed by atoms with E-state index in [1.807, 2.05) is 0 Å². The highest BCUT2D eigenvalue weighted by molar-refractivity contribution is 7.15. The van der Waals surface area contributed by atoms with Gasteiger partial charge < -0.3 is 10.0 Å². The predicted molar refractivity (Wildman–Crippen MR) is 76.3 cm³/mol. The molecule has 2 unspecified atom stereocenters. The normalized spacial score (nSPS) is 21.0. The fraction of sp³-hybridized carbons (Fsp3) is 0.769. The molecule has 1 saturated heterocycles. The monoisotopic (exact) mass is 269 g/mol. The zero-order chi connectivity index (χ0) is 13.1. The summed E-state index contributed by atoms with van der Waals surface area (Å²) < 4.78 is 0. The zero-order valence-electron chi connectivity index (χ0n) is 11.5. The third kappa shape index (κ3) is 3.02. The molecule has 5 heteroatoms. The fourth-order valence-electron chi connectivity index (χ4n) is 2.23. The minimum Gasteiger partial charge on any atom is -0.388 e. The lowest BCUT2D eigenvalue weighted by Gasteiger charge is -2.37. The Hall–Kier alpha value is -0.650. The van der Waals surface area contributed by atoms with Crippen molar-refractivity contribution in [3.8, 4) is 0 Å². The zero-order valence-corrected chi connectivity index (χ0v) is 12.3. The van der Waals surface area contributed by atoms with E-state index in [0.717, 1.165) is 36.2 Å². The summed E-state index contributed by atoms with van der Waals surface area (Å²) in [7, 11) is 0. The molecule has 0 radical (unpaired) electrons. The van der Waals surface area contributed by atoms with Crippen LogP contribution in [-0.2, 0) is 0 Å². The first-order chi connectivity index (χ1) is 8.61. The molecule has 1 aliphatic rings. The number of thiazole rings is 1. The lowest BCUT2D eigenvalue weighted by molar-refractivity contribution is 0.193. The number of aromatic nitrogens is 1. The third-order valence-corrected chi connectivity index (χ3v) is 4.95. The number of hydrogen-bond donors (Lipinski definition) is 1. The standard InChI is InChI=1S/C13H23N3OS/c1-4-10(2)15-5-7-16(8-6-15)13-14-9-12(18-13)11(3)17/h9-11,17H,4-8H2,1-3H3. The van der Waals surface area contributed by atoms with Gasteiger partial charge in [-0.3, -0.25) is 4.90 Å². The molecule has 0 amide bonds. The van der Waals surface area contributed by atoms with Crippen LogP contribution in [0.4, 0.5) is 5.13 Å². The topological polar surface area (TPSA) is 39.6 Å². The van der Waals surface area contributed by atoms with Crippen molar-refractivity contribution >= 4 is 16.5 Å². The Balaban J connectivity index is 1.92. The number of piperazine rings is 1. The molecule has 4 nitrogen and oxygen atoms in total. The maximum atomic E-state index is 9.53. The number of aliphatic hydroxyl groups is 1. The summed E-state index contributed by atoms with van der Waals surface area (Å²) in [4.78, 5) is 10.2. The smallest absolute Gasteiger partial charge is 0.185 e. The Bertz CT molecular complexity index is 372. The Morgan fingerprint density at radius 2 is 2.00 bits per heavy atom. The summed E-state index contributed by atoms with van der Waals surface area (Å²) in [6, 6.07) is 0.677. The maximum Gasteiger partial charge on any atom is 0.185 e. The van der Waals surface area contributed by atoms with Crippen LogP contribution in [0.2, 0.25) is 0 Å². The van der Waals surface area contributed by atoms with Gasteiger partial charge in [0.25, 0.3) is 0 Å². The average molecular weight is 269 g/mol. The van der Waals surface area contributed by atoms with Crippen molar-refractivity contribution in [2.24, 2.45) is 0 Å². The van der Waals surface area contributed by atoms with Gasteiger partial charge >= 0.3 is 0 Å². The lowest BCUT2D eigenvalue weighted by Crippen LogP contribution is -2.49. The molecule has 0 aliphatic carbocycles. The highest BCUT2D eigenvalue weighted by Crippen LogP contribution is 2.27. The van der Waals surface area contributed by atoms with Crippen LogP contribution >= 0.6 is 11.3 Å². The Kier molecular flexibility index (Phi) is 4.59. The molecule has 18 heavy (non-hydrogen) atoms. The van der Waals surface area contributed by atoms with Crippen LogP contribution in [0.3, 0.4) is 0 Å². The molecule has 0 saturated carbocycles. The van der Waals surface area contributed by atoms with Crippen LogP contribution < -0.4 is 4.90 Å². The molecule has 2 rings (SSSR count). The van der Waals surface area contributed by atoms with E-state index in [9.17, 15) is 5.11 Å². The van der Waals surface area contributed by atoms with Gasteiger partial charge in [-0.1, -0.05) is 18.3 Å². The van der Waals surface area contributed by atoms with E-state index in [4.69, 9.17) is 0 Å². The summed E-state index contributed by atoms with van der Waals surface area (Å²) >= 11 is 1.61. The van der Waals surface area contributed by atoms with Crippen LogP contribution in [0.15, 0.2) is 6.20 Å². The van der Waals surface area contributed by atoms with Crippen LogP contribution in [0.1, 0.15) is 38.2 Å². The number of aliphatic hydroxyl groups excluding tert-OH is 1. The molecule has 102 valence electrons. The molecule has 1 aromatic rings. The second-order valence-electron chi connectivity index (χ2n) is 5.00. The highest BCUT2D eigenvalue weighted by atomic mass is 32.1. The Morgan fingerprint density at radius 3 is 2.50 bits per heavy atom. The van der Waals surface area contributed by atoms with Crippen molar-refractivity contribution in [1.82, 2.24) is 9.88 Å². The molecule has 0 aromatic carbocycles. The van der Waals surface area contributed by atoms with E-state index in [1.54, 1.807) is 24.5 Å². The van der Waals surface area contributed by atoms with Crippen molar-refractivity contribution in [2.75, 3.05) is 31.1 Å². The van der Waals surface area contributed by atoms with E-state index in [0.29, 0.717) is 6.04 Å². The van der Waals surface area contributed by atoms with E-state index in [-0.39, 0.29) is 0 Å². The summed E-state index contributed by atoms with van der Waals surface area (Å²) in [6.07, 6.45) is 2.60. The average Bonchev–Trinajstić information content (AvgIpc) is 2.88. The van der Waals surface area contributed by atoms with Gasteiger partial charge in [0.1, 0.15) is 0 Å². The SMILES string of the molecule is CCC(C)N1CCN(c2ncc(C(C)O)s2)CC1. The minimum atomic E-state index is -0.405. The minimum absolute atomic E-state index is 0.405. The third-order valence-electron chi connectivity index (χ3n) is 3.72. The number of hydrogen-bond acceptors (Lipinski definition) is 5. The largest absolute Gasteiger partial charge is 0.388 e. The molecule has 2 atom stereocenters. The molecular weight excluding hydrogens is 246 g/mol. The van der Waals surface area contributed by atoms with Gasteiger partial charge in [0.15, 0.2) is 5.13 Å². The molecule has 1 fully saturated rings. The first kappa shape index (κ1) is 13.8. The molecule has 2 heterocycles. The maximum absolute atomic E-state index is 9.53. The molecular formula is C13H23N3OS. The summed E-state index contributed by atoms with van der Waals surface area (Å²) in [5, 5.41) is 10.6.